The van der Waals surface area contributed by atoms with Crippen molar-refractivity contribution in [2.24, 2.45) is 0 Å². The van der Waals surface area contributed by atoms with Gasteiger partial charge >= 0.3 is 19.8 Å². The fourth-order valence-electron chi connectivity index (χ4n) is 5.86. The molecule has 0 spiro atoms. The van der Waals surface area contributed by atoms with Crippen LogP contribution in [0.5, 0.6) is 0 Å². The van der Waals surface area contributed by atoms with Crippen LogP contribution in [0.1, 0.15) is 136 Å². The molecule has 0 aliphatic heterocycles. The van der Waals surface area contributed by atoms with E-state index >= 15 is 0 Å². The van der Waals surface area contributed by atoms with Gasteiger partial charge in [-0.15, -0.1) is 0 Å². The van der Waals surface area contributed by atoms with E-state index in [0.717, 1.165) is 57.8 Å². The Morgan fingerprint density at radius 3 is 1.57 bits per heavy atom. The number of allylic oxidation sites excluding steroid dienone is 12. The van der Waals surface area contributed by atoms with Gasteiger partial charge in [0.1, 0.15) is 43.2 Å². The van der Waals surface area contributed by atoms with Crippen LogP contribution in [0.3, 0.4) is 0 Å². The summed E-state index contributed by atoms with van der Waals surface area (Å²) < 4.78 is 33.3. The quantitative estimate of drug-likeness (QED) is 0.0163. The van der Waals surface area contributed by atoms with Gasteiger partial charge in [-0.3, -0.25) is 18.6 Å². The van der Waals surface area contributed by atoms with Gasteiger partial charge in [0.15, 0.2) is 6.10 Å². The molecule has 1 aliphatic carbocycles. The molecule has 1 rings (SSSR count). The van der Waals surface area contributed by atoms with Crippen molar-refractivity contribution >= 4 is 19.8 Å². The first kappa shape index (κ1) is 53.3. The molecule has 8 atom stereocenters. The predicted octanol–water partition coefficient (Wildman–Crippen LogP) is 7.55. The molecular formula is C44H73O13P. The molecule has 1 fully saturated rings. The molecule has 7 unspecified atom stereocenters. The average Bonchev–Trinajstić information content (AvgIpc) is 3.20. The second kappa shape index (κ2) is 34.0. The summed E-state index contributed by atoms with van der Waals surface area (Å²) in [7, 11) is -5.14. The van der Waals surface area contributed by atoms with E-state index in [1.807, 2.05) is 12.2 Å². The van der Waals surface area contributed by atoms with Gasteiger partial charge in [-0.1, -0.05) is 125 Å². The van der Waals surface area contributed by atoms with Crippen LogP contribution < -0.4 is 0 Å². The highest BCUT2D eigenvalue weighted by molar-refractivity contribution is 7.47. The second-order valence-electron chi connectivity index (χ2n) is 14.5. The molecule has 0 radical (unpaired) electrons. The van der Waals surface area contributed by atoms with E-state index in [4.69, 9.17) is 18.5 Å². The van der Waals surface area contributed by atoms with Crippen molar-refractivity contribution in [3.8, 4) is 0 Å². The zero-order valence-corrected chi connectivity index (χ0v) is 35.7. The minimum atomic E-state index is -5.14. The maximum atomic E-state index is 12.8. The van der Waals surface area contributed by atoms with Crippen molar-refractivity contribution in [1.82, 2.24) is 0 Å². The van der Waals surface area contributed by atoms with Gasteiger partial charge in [0, 0.05) is 12.8 Å². The van der Waals surface area contributed by atoms with Crippen LogP contribution in [-0.4, -0.2) is 98.3 Å². The highest BCUT2D eigenvalue weighted by Crippen LogP contribution is 2.47. The zero-order valence-electron chi connectivity index (χ0n) is 34.8. The molecule has 332 valence electrons. The minimum Gasteiger partial charge on any atom is -0.462 e. The van der Waals surface area contributed by atoms with Crippen molar-refractivity contribution in [3.63, 3.8) is 0 Å². The highest BCUT2D eigenvalue weighted by atomic mass is 31.2. The lowest BCUT2D eigenvalue weighted by atomic mass is 9.85. The third-order valence-electron chi connectivity index (χ3n) is 9.30. The molecule has 0 bridgehead atoms. The second-order valence-corrected chi connectivity index (χ2v) is 15.9. The Kier molecular flexibility index (Phi) is 31.3. The number of rotatable bonds is 33. The van der Waals surface area contributed by atoms with Crippen LogP contribution in [0.15, 0.2) is 72.9 Å². The number of carbonyl (C=O) groups is 2. The molecule has 1 aliphatic rings. The summed E-state index contributed by atoms with van der Waals surface area (Å²) in [6, 6.07) is 0. The largest absolute Gasteiger partial charge is 0.472 e. The molecule has 0 heterocycles. The average molecular weight is 841 g/mol. The fourth-order valence-corrected chi connectivity index (χ4v) is 6.83. The maximum Gasteiger partial charge on any atom is 0.472 e. The number of unbranched alkanes of at least 4 members (excludes halogenated alkanes) is 9. The van der Waals surface area contributed by atoms with Crippen molar-refractivity contribution in [3.05, 3.63) is 72.9 Å². The maximum absolute atomic E-state index is 12.8. The monoisotopic (exact) mass is 840 g/mol. The van der Waals surface area contributed by atoms with Gasteiger partial charge in [0.2, 0.25) is 0 Å². The first-order chi connectivity index (χ1) is 27.9. The lowest BCUT2D eigenvalue weighted by molar-refractivity contribution is -0.220. The number of esters is 2. The van der Waals surface area contributed by atoms with Crippen LogP contribution in [-0.2, 0) is 32.7 Å². The number of aliphatic hydroxyl groups excluding tert-OH is 5. The third kappa shape index (κ3) is 26.4. The first-order valence-corrected chi connectivity index (χ1v) is 22.7. The molecule has 6 N–H and O–H groups in total. The van der Waals surface area contributed by atoms with E-state index in [2.05, 4.69) is 74.6 Å². The molecule has 0 saturated heterocycles. The summed E-state index contributed by atoms with van der Waals surface area (Å²) in [5.74, 6) is -1.22. The van der Waals surface area contributed by atoms with Gasteiger partial charge in [-0.2, -0.15) is 0 Å². The number of phosphoric acid groups is 1. The summed E-state index contributed by atoms with van der Waals surface area (Å²) in [6.45, 7) is 3.07. The Balaban J connectivity index is 2.56. The summed E-state index contributed by atoms with van der Waals surface area (Å²) in [6.07, 6.45) is 28.4. The molecular weight excluding hydrogens is 767 g/mol. The van der Waals surface area contributed by atoms with Crippen LogP contribution in [0.2, 0.25) is 0 Å². The number of hydrogen-bond acceptors (Lipinski definition) is 12. The molecule has 1 saturated carbocycles. The molecule has 58 heavy (non-hydrogen) atoms. The smallest absolute Gasteiger partial charge is 0.462 e. The molecule has 0 aromatic heterocycles. The van der Waals surface area contributed by atoms with Crippen LogP contribution >= 0.6 is 7.82 Å². The number of hydrogen-bond donors (Lipinski definition) is 6. The number of carbonyl (C=O) groups excluding carboxylic acids is 2. The van der Waals surface area contributed by atoms with E-state index in [9.17, 15) is 44.6 Å². The van der Waals surface area contributed by atoms with E-state index < -0.39 is 75.7 Å². The van der Waals surface area contributed by atoms with Crippen LogP contribution in [0.25, 0.3) is 0 Å². The van der Waals surface area contributed by atoms with Crippen LogP contribution in [0, 0.1) is 0 Å². The summed E-state index contributed by atoms with van der Waals surface area (Å²) >= 11 is 0. The molecule has 0 aromatic carbocycles. The van der Waals surface area contributed by atoms with E-state index in [1.165, 1.54) is 38.5 Å². The van der Waals surface area contributed by atoms with E-state index in [-0.39, 0.29) is 12.8 Å². The van der Waals surface area contributed by atoms with Gasteiger partial charge in [0.25, 0.3) is 0 Å². The van der Waals surface area contributed by atoms with Crippen molar-refractivity contribution in [2.45, 2.75) is 179 Å². The number of ether oxygens (including phenoxy) is 2. The standard InChI is InChI=1S/C44H73O13P/c1-3-5-7-9-11-13-15-17-18-19-21-22-24-26-28-30-32-37(45)54-34-36(35-55-58(52,53)57-44-42(50)40(48)39(47)41(49)43(44)51)56-38(46)33-31-29-27-25-23-20-16-14-12-10-8-6-4-2/h5,7,11,13,17-18,20-23,27,29,36,39-44,47-51H,3-4,6,8-10,12,14-16,19,24-26,28,30-35H2,1-2H3,(H,52,53)/b7-5+,13-11+,18-17+,22-21+,23-20+,29-27+/t36?,39?,40-,41?,42?,43?,44?/m0/s1. The molecule has 13 nitrogen and oxygen atoms in total. The highest BCUT2D eigenvalue weighted by Gasteiger charge is 2.51. The summed E-state index contributed by atoms with van der Waals surface area (Å²) in [5, 5.41) is 50.0. The summed E-state index contributed by atoms with van der Waals surface area (Å²) in [5.41, 5.74) is 0. The van der Waals surface area contributed by atoms with E-state index in [0.29, 0.717) is 12.8 Å². The van der Waals surface area contributed by atoms with Crippen LogP contribution in [0.4, 0.5) is 0 Å². The van der Waals surface area contributed by atoms with Crippen molar-refractivity contribution in [1.29, 1.82) is 0 Å². The van der Waals surface area contributed by atoms with E-state index in [1.54, 1.807) is 0 Å². The van der Waals surface area contributed by atoms with Crippen molar-refractivity contribution < 1.29 is 63.1 Å². The topological polar surface area (TPSA) is 210 Å². The summed E-state index contributed by atoms with van der Waals surface area (Å²) in [4.78, 5) is 35.5. The van der Waals surface area contributed by atoms with Gasteiger partial charge in [0.05, 0.1) is 6.61 Å². The minimum absolute atomic E-state index is 0.0203. The normalized spacial score (nSPS) is 23.2. The number of phosphoric ester groups is 1. The van der Waals surface area contributed by atoms with Gasteiger partial charge in [-0.25, -0.2) is 4.57 Å². The number of aliphatic hydroxyl groups is 5. The van der Waals surface area contributed by atoms with Gasteiger partial charge in [-0.05, 0) is 70.6 Å². The predicted molar refractivity (Wildman–Crippen MR) is 225 cm³/mol. The SMILES string of the molecule is CC/C=C/C/C=C/C/C=C/C/C=C/CCCCCC(=O)OCC(COP(=O)(O)OC1C(O)C(O)C(O)[C@H](O)C1O)OC(=O)CC/C=C/C/C=C/CCCCCCCC. The third-order valence-corrected chi connectivity index (χ3v) is 10.3. The first-order valence-electron chi connectivity index (χ1n) is 21.2. The van der Waals surface area contributed by atoms with Crippen molar-refractivity contribution in [2.75, 3.05) is 13.2 Å². The zero-order chi connectivity index (χ0) is 42.9. The Bertz CT molecular complexity index is 1290. The Hall–Kier alpha value is -2.71. The Morgan fingerprint density at radius 2 is 1.02 bits per heavy atom. The Labute approximate surface area is 346 Å². The molecule has 0 amide bonds. The molecule has 14 heteroatoms. The van der Waals surface area contributed by atoms with Gasteiger partial charge < -0.3 is 39.9 Å². The lowest BCUT2D eigenvalue weighted by Crippen LogP contribution is -2.64. The Morgan fingerprint density at radius 1 is 0.552 bits per heavy atom. The fraction of sp³-hybridized carbons (Fsp3) is 0.682. The lowest BCUT2D eigenvalue weighted by Gasteiger charge is -2.41. The molecule has 0 aromatic rings.